The molecule has 3 aliphatic rings. The number of carbonyl (C=O) groups is 3. The van der Waals surface area contributed by atoms with Gasteiger partial charge in [-0.3, -0.25) is 9.59 Å². The molecule has 3 aliphatic heterocycles. The largest absolute Gasteiger partial charge is 0.462 e. The number of carbonyl (C=O) groups excluding carboxylic acids is 3. The molecular formula is C26H32F2N3O5P. The van der Waals surface area contributed by atoms with Crippen LogP contribution in [0.5, 0.6) is 0 Å². The zero-order chi connectivity index (χ0) is 27.3. The number of hydrogen-bond acceptors (Lipinski definition) is 7. The third-order valence-electron chi connectivity index (χ3n) is 8.28. The Morgan fingerprint density at radius 1 is 1.32 bits per heavy atom. The Kier molecular flexibility index (Phi) is 7.21. The lowest BCUT2D eigenvalue weighted by atomic mass is 9.62. The van der Waals surface area contributed by atoms with Gasteiger partial charge in [-0.25, -0.2) is 0 Å². The van der Waals surface area contributed by atoms with Gasteiger partial charge in [0.15, 0.2) is 0 Å². The molecule has 8 nitrogen and oxygen atoms in total. The molecule has 11 heteroatoms. The topological polar surface area (TPSA) is 99.9 Å². The number of anilines is 1. The molecule has 3 saturated heterocycles. The molecule has 0 radical (unpaired) electrons. The Bertz CT molecular complexity index is 1150. The van der Waals surface area contributed by atoms with Crippen LogP contribution in [0.3, 0.4) is 0 Å². The van der Waals surface area contributed by atoms with Crippen LogP contribution in [0.2, 0.25) is 0 Å². The number of aldehydes is 1. The predicted octanol–water partition coefficient (Wildman–Crippen LogP) is 3.08. The molecule has 200 valence electrons. The normalized spacial score (nSPS) is 32.1. The van der Waals surface area contributed by atoms with Crippen molar-refractivity contribution in [2.24, 2.45) is 17.8 Å². The van der Waals surface area contributed by atoms with Crippen LogP contribution in [0.1, 0.15) is 44.2 Å². The van der Waals surface area contributed by atoms with Gasteiger partial charge in [0.1, 0.15) is 12.4 Å². The molecule has 0 spiro atoms. The fourth-order valence-electron chi connectivity index (χ4n) is 6.15. The van der Waals surface area contributed by atoms with E-state index in [1.165, 1.54) is 33.3 Å². The molecule has 6 atom stereocenters. The average Bonchev–Trinajstić information content (AvgIpc) is 3.26. The summed E-state index contributed by atoms with van der Waals surface area (Å²) in [6, 6.07) is 5.45. The second-order valence-electron chi connectivity index (χ2n) is 10.8. The number of alkyl halides is 2. The highest BCUT2D eigenvalue weighted by Crippen LogP contribution is 2.60. The van der Waals surface area contributed by atoms with Crippen LogP contribution < -0.4 is 4.90 Å². The summed E-state index contributed by atoms with van der Waals surface area (Å²) in [6.07, 6.45) is 2.14. The van der Waals surface area contributed by atoms with Crippen LogP contribution in [-0.4, -0.2) is 67.6 Å². The zero-order valence-electron chi connectivity index (χ0n) is 21.4. The fourth-order valence-corrected chi connectivity index (χ4v) is 6.39. The van der Waals surface area contributed by atoms with Crippen molar-refractivity contribution in [3.8, 4) is 6.07 Å². The lowest BCUT2D eigenvalue weighted by Gasteiger charge is -2.39. The first-order valence-electron chi connectivity index (χ1n) is 12.3. The third kappa shape index (κ3) is 4.78. The molecule has 3 heterocycles. The first-order chi connectivity index (χ1) is 17.2. The van der Waals surface area contributed by atoms with Crippen LogP contribution in [0, 0.1) is 29.1 Å². The van der Waals surface area contributed by atoms with Crippen LogP contribution in [0.25, 0.3) is 0 Å². The summed E-state index contributed by atoms with van der Waals surface area (Å²) in [4.78, 5) is 42.7. The van der Waals surface area contributed by atoms with Gasteiger partial charge in [-0.1, -0.05) is 9.24 Å². The van der Waals surface area contributed by atoms with Crippen molar-refractivity contribution in [2.45, 2.75) is 56.1 Å². The maximum absolute atomic E-state index is 14.1. The number of rotatable bonds is 6. The minimum absolute atomic E-state index is 0.132. The molecule has 2 bridgehead atoms. The second-order valence-corrected chi connectivity index (χ2v) is 11.5. The minimum Gasteiger partial charge on any atom is -0.462 e. The van der Waals surface area contributed by atoms with Gasteiger partial charge in [0, 0.05) is 31.4 Å². The molecule has 4 rings (SSSR count). The van der Waals surface area contributed by atoms with Gasteiger partial charge in [0.2, 0.25) is 5.91 Å². The number of halogens is 2. The summed E-state index contributed by atoms with van der Waals surface area (Å²) in [6.45, 7) is 5.00. The molecule has 1 aromatic carbocycles. The van der Waals surface area contributed by atoms with Crippen molar-refractivity contribution < 1.29 is 32.6 Å². The average molecular weight is 536 g/mol. The van der Waals surface area contributed by atoms with Crippen LogP contribution in [0.4, 0.5) is 14.5 Å². The van der Waals surface area contributed by atoms with Crippen molar-refractivity contribution >= 4 is 33.1 Å². The molecule has 1 aromatic rings. The molecule has 1 amide bonds. The van der Waals surface area contributed by atoms with E-state index in [-0.39, 0.29) is 23.8 Å². The summed E-state index contributed by atoms with van der Waals surface area (Å²) in [7, 11) is 4.82. The van der Waals surface area contributed by atoms with Gasteiger partial charge >= 0.3 is 5.97 Å². The summed E-state index contributed by atoms with van der Waals surface area (Å²) in [5.41, 5.74) is -6.35. The highest BCUT2D eigenvalue weighted by atomic mass is 31.0. The number of piperidine rings is 1. The lowest BCUT2D eigenvalue weighted by molar-refractivity contribution is -0.164. The molecule has 0 aromatic heterocycles. The Hall–Kier alpha value is -2.47. The Labute approximate surface area is 217 Å². The van der Waals surface area contributed by atoms with Crippen LogP contribution in [-0.2, 0) is 29.5 Å². The van der Waals surface area contributed by atoms with Gasteiger partial charge in [0.05, 0.1) is 40.6 Å². The molecule has 3 unspecified atom stereocenters. The van der Waals surface area contributed by atoms with E-state index in [9.17, 15) is 28.4 Å². The van der Waals surface area contributed by atoms with E-state index < -0.39 is 52.1 Å². The lowest BCUT2D eigenvalue weighted by Crippen LogP contribution is -2.55. The Morgan fingerprint density at radius 3 is 2.54 bits per heavy atom. The molecule has 37 heavy (non-hydrogen) atoms. The Balaban J connectivity index is 1.62. The molecule has 0 saturated carbocycles. The molecule has 0 N–H and O–H groups in total. The standard InChI is InChI=1S/C26H32F2N3O5P/c1-24-12-19(23(34)35-17-7-9-30(3)10-8-17)25(2,36-24)21(20(24)14-32)22(33)31(4)16-6-5-15(13-29)18(11-16)26(27,28)37/h5-6,11,14,17,19-21H,7-10,12,37H2,1-4H3/t19-,20?,21?,24-,25+/m1/s1. The van der Waals surface area contributed by atoms with Crippen molar-refractivity contribution in [2.75, 3.05) is 32.1 Å². The monoisotopic (exact) mass is 535 g/mol. The SMILES string of the molecule is CN1CCC(OC(=O)[C@H]2C[C@@]3(C)O[C@]2(C)C(C(=O)N(C)c2ccc(C#N)c(C(F)(F)P)c2)C3C=O)CC1. The second kappa shape index (κ2) is 9.68. The first-order valence-corrected chi connectivity index (χ1v) is 12.9. The minimum atomic E-state index is -3.38. The van der Waals surface area contributed by atoms with Gasteiger partial charge in [-0.15, -0.1) is 0 Å². The predicted molar refractivity (Wildman–Crippen MR) is 134 cm³/mol. The number of amides is 1. The van der Waals surface area contributed by atoms with Crippen molar-refractivity contribution in [1.82, 2.24) is 4.90 Å². The van der Waals surface area contributed by atoms with Gasteiger partial charge in [-0.2, -0.15) is 14.0 Å². The third-order valence-corrected chi connectivity index (χ3v) is 8.59. The van der Waals surface area contributed by atoms with E-state index in [4.69, 9.17) is 9.47 Å². The molecule has 3 fully saturated rings. The van der Waals surface area contributed by atoms with E-state index in [1.807, 2.05) is 7.05 Å². The zero-order valence-corrected chi connectivity index (χ0v) is 22.5. The summed E-state index contributed by atoms with van der Waals surface area (Å²) in [5, 5.41) is 9.23. The quantitative estimate of drug-likeness (QED) is 0.314. The maximum atomic E-state index is 14.1. The van der Waals surface area contributed by atoms with E-state index in [0.29, 0.717) is 19.1 Å². The Morgan fingerprint density at radius 2 is 1.97 bits per heavy atom. The van der Waals surface area contributed by atoms with E-state index in [0.717, 1.165) is 19.2 Å². The number of nitriles is 1. The smallest absolute Gasteiger partial charge is 0.312 e. The van der Waals surface area contributed by atoms with Crippen LogP contribution >= 0.6 is 9.24 Å². The highest BCUT2D eigenvalue weighted by molar-refractivity contribution is 7.17. The number of likely N-dealkylation sites (tertiary alicyclic amines) is 1. The van der Waals surface area contributed by atoms with Gasteiger partial charge < -0.3 is 24.1 Å². The van der Waals surface area contributed by atoms with Crippen molar-refractivity contribution in [1.29, 1.82) is 5.26 Å². The first kappa shape index (κ1) is 27.6. The fraction of sp³-hybridized carbons (Fsp3) is 0.615. The van der Waals surface area contributed by atoms with Gasteiger partial charge in [0.25, 0.3) is 5.66 Å². The van der Waals surface area contributed by atoms with E-state index in [1.54, 1.807) is 19.9 Å². The van der Waals surface area contributed by atoms with Crippen molar-refractivity contribution in [3.63, 3.8) is 0 Å². The summed E-state index contributed by atoms with van der Waals surface area (Å²) < 4.78 is 40.4. The number of ether oxygens (including phenoxy) is 2. The maximum Gasteiger partial charge on any atom is 0.312 e. The highest BCUT2D eigenvalue weighted by Gasteiger charge is 2.72. The van der Waals surface area contributed by atoms with Crippen molar-refractivity contribution in [3.05, 3.63) is 29.3 Å². The summed E-state index contributed by atoms with van der Waals surface area (Å²) in [5.74, 6) is -3.61. The van der Waals surface area contributed by atoms with E-state index >= 15 is 0 Å². The number of hydrogen-bond donors (Lipinski definition) is 0. The summed E-state index contributed by atoms with van der Waals surface area (Å²) >= 11 is 0. The number of nitrogens with zero attached hydrogens (tertiary/aromatic N) is 3. The molecular weight excluding hydrogens is 503 g/mol. The number of esters is 1. The van der Waals surface area contributed by atoms with Gasteiger partial charge in [-0.05, 0) is 58.4 Å². The number of benzene rings is 1. The number of fused-ring (bicyclic) bond motifs is 2. The van der Waals surface area contributed by atoms with E-state index in [2.05, 4.69) is 4.90 Å². The molecule has 0 aliphatic carbocycles. The van der Waals surface area contributed by atoms with Crippen LogP contribution in [0.15, 0.2) is 18.2 Å².